The van der Waals surface area contributed by atoms with Gasteiger partial charge in [-0.3, -0.25) is 4.57 Å². The molecule has 2 N–H and O–H groups in total. The molecular weight excluding hydrogens is 276 g/mol. The van der Waals surface area contributed by atoms with Crippen LogP contribution in [0.5, 0.6) is 0 Å². The third-order valence-electron chi connectivity index (χ3n) is 0.856. The predicted molar refractivity (Wildman–Crippen MR) is 64.2 cm³/mol. The van der Waals surface area contributed by atoms with Gasteiger partial charge in [0.05, 0.1) is 13.2 Å². The van der Waals surface area contributed by atoms with Crippen LogP contribution in [0, 0.1) is 5.41 Å². The number of rotatable bonds is 2. The molecule has 0 bridgehead atoms. The van der Waals surface area contributed by atoms with Gasteiger partial charge in [0.1, 0.15) is 0 Å². The minimum Gasteiger partial charge on any atom is -0.396 e. The SMILES string of the molecule is CC(C)(CO)CO.O=P(Cl)(Cl)Cl.P. The van der Waals surface area contributed by atoms with E-state index in [1.165, 1.54) is 0 Å². The Morgan fingerprint density at radius 3 is 1.31 bits per heavy atom. The number of aliphatic hydroxyl groups is 2. The van der Waals surface area contributed by atoms with E-state index in [1.54, 1.807) is 13.8 Å². The molecule has 0 saturated carbocycles. The van der Waals surface area contributed by atoms with Crippen LogP contribution in [0.15, 0.2) is 0 Å². The summed E-state index contributed by atoms with van der Waals surface area (Å²) >= 11 is 13.8. The number of halogens is 3. The lowest BCUT2D eigenvalue weighted by Gasteiger charge is -2.16. The fourth-order valence-corrected chi connectivity index (χ4v) is 0.0500. The number of hydrogen-bond donors (Lipinski definition) is 2. The van der Waals surface area contributed by atoms with E-state index in [0.29, 0.717) is 0 Å². The van der Waals surface area contributed by atoms with E-state index in [0.717, 1.165) is 0 Å². The van der Waals surface area contributed by atoms with E-state index in [1.807, 2.05) is 0 Å². The second-order valence-corrected chi connectivity index (χ2v) is 9.52. The van der Waals surface area contributed by atoms with Crippen molar-refractivity contribution in [3.8, 4) is 0 Å². The summed E-state index contributed by atoms with van der Waals surface area (Å²) in [7, 11) is 0. The highest BCUT2D eigenvalue weighted by Gasteiger charge is 2.13. The van der Waals surface area contributed by atoms with Crippen molar-refractivity contribution in [1.29, 1.82) is 0 Å². The molecular formula is C5H15Cl3O3P2. The Kier molecular flexibility index (Phi) is 13.4. The molecule has 8 heteroatoms. The summed E-state index contributed by atoms with van der Waals surface area (Å²) < 4.78 is 9.51. The van der Waals surface area contributed by atoms with Gasteiger partial charge in [0.25, 0.3) is 0 Å². The largest absolute Gasteiger partial charge is 0.396 e. The van der Waals surface area contributed by atoms with Crippen LogP contribution in [0.2, 0.25) is 0 Å². The highest BCUT2D eigenvalue weighted by molar-refractivity contribution is 8.24. The van der Waals surface area contributed by atoms with Gasteiger partial charge in [-0.2, -0.15) is 9.90 Å². The van der Waals surface area contributed by atoms with Gasteiger partial charge in [0.2, 0.25) is 0 Å². The molecule has 0 aliphatic rings. The molecule has 1 unspecified atom stereocenters. The van der Waals surface area contributed by atoms with Crippen LogP contribution in [-0.2, 0) is 4.57 Å². The molecule has 0 aromatic heterocycles. The molecule has 1 atom stereocenters. The van der Waals surface area contributed by atoms with Crippen molar-refractivity contribution < 1.29 is 14.8 Å². The Balaban J connectivity index is -0.000000150. The summed E-state index contributed by atoms with van der Waals surface area (Å²) in [5.41, 5.74) is -0.306. The summed E-state index contributed by atoms with van der Waals surface area (Å²) in [4.78, 5) is 0. The van der Waals surface area contributed by atoms with E-state index in [2.05, 4.69) is 33.7 Å². The lowest BCUT2D eigenvalue weighted by molar-refractivity contribution is 0.0857. The first kappa shape index (κ1) is 19.9. The van der Waals surface area contributed by atoms with Crippen molar-refractivity contribution in [2.45, 2.75) is 13.8 Å². The Morgan fingerprint density at radius 1 is 1.15 bits per heavy atom. The molecule has 0 aliphatic carbocycles. The summed E-state index contributed by atoms with van der Waals surface area (Å²) in [6, 6.07) is 0. The molecule has 0 aromatic rings. The van der Waals surface area contributed by atoms with E-state index in [4.69, 9.17) is 10.2 Å². The van der Waals surface area contributed by atoms with Gasteiger partial charge in [0, 0.05) is 5.41 Å². The highest BCUT2D eigenvalue weighted by Crippen LogP contribution is 2.61. The van der Waals surface area contributed by atoms with Crippen LogP contribution in [0.3, 0.4) is 0 Å². The molecule has 0 aliphatic heterocycles. The standard InChI is InChI=1S/C5H12O2.Cl3OP.H3P/c1-5(2,3-6)4-7;1-5(2,3)4;/h6-7H,3-4H2,1-2H3;;1H3. The lowest BCUT2D eigenvalue weighted by atomic mass is 9.97. The van der Waals surface area contributed by atoms with E-state index in [-0.39, 0.29) is 28.5 Å². The second-order valence-electron chi connectivity index (χ2n) is 2.88. The monoisotopic (exact) mass is 290 g/mol. The maximum absolute atomic E-state index is 9.51. The number of aliphatic hydroxyl groups excluding tert-OH is 2. The Morgan fingerprint density at radius 2 is 1.31 bits per heavy atom. The van der Waals surface area contributed by atoms with Crippen LogP contribution in [0.4, 0.5) is 0 Å². The van der Waals surface area contributed by atoms with Gasteiger partial charge < -0.3 is 10.2 Å². The highest BCUT2D eigenvalue weighted by atomic mass is 36.0. The third kappa shape index (κ3) is 31.8. The molecule has 0 spiro atoms. The van der Waals surface area contributed by atoms with Crippen molar-refractivity contribution in [3.05, 3.63) is 0 Å². The zero-order valence-electron chi connectivity index (χ0n) is 7.51. The fourth-order valence-electron chi connectivity index (χ4n) is 0.0500. The zero-order chi connectivity index (χ0) is 10.4. The first-order valence-corrected chi connectivity index (χ1v) is 7.45. The summed E-state index contributed by atoms with van der Waals surface area (Å²) in [5.74, 6) is 0. The number of hydrogen-bond acceptors (Lipinski definition) is 3. The van der Waals surface area contributed by atoms with Crippen LogP contribution in [0.1, 0.15) is 13.8 Å². The first-order chi connectivity index (χ1) is 5.12. The van der Waals surface area contributed by atoms with E-state index >= 15 is 0 Å². The maximum Gasteiger partial charge on any atom is 0.339 e. The van der Waals surface area contributed by atoms with Crippen LogP contribution >= 0.6 is 48.8 Å². The fraction of sp³-hybridized carbons (Fsp3) is 1.00. The van der Waals surface area contributed by atoms with Gasteiger partial charge >= 0.3 is 5.20 Å². The van der Waals surface area contributed by atoms with Crippen molar-refractivity contribution in [1.82, 2.24) is 0 Å². The average molecular weight is 291 g/mol. The average Bonchev–Trinajstić information content (AvgIpc) is 1.85. The quantitative estimate of drug-likeness (QED) is 0.769. The van der Waals surface area contributed by atoms with Gasteiger partial charge in [-0.1, -0.05) is 13.8 Å². The maximum atomic E-state index is 9.51. The minimum atomic E-state index is -3.22. The third-order valence-corrected chi connectivity index (χ3v) is 0.856. The predicted octanol–water partition coefficient (Wildman–Crippen LogP) is 2.87. The van der Waals surface area contributed by atoms with Crippen molar-refractivity contribution in [3.63, 3.8) is 0 Å². The van der Waals surface area contributed by atoms with Crippen molar-refractivity contribution in [2.75, 3.05) is 13.2 Å². The lowest BCUT2D eigenvalue weighted by Crippen LogP contribution is -2.20. The smallest absolute Gasteiger partial charge is 0.339 e. The Labute approximate surface area is 96.1 Å². The van der Waals surface area contributed by atoms with Gasteiger partial charge in [-0.25, -0.2) is 0 Å². The molecule has 84 valence electrons. The normalized spacial score (nSPS) is 11.0. The van der Waals surface area contributed by atoms with E-state index in [9.17, 15) is 4.57 Å². The van der Waals surface area contributed by atoms with Crippen LogP contribution in [-0.4, -0.2) is 23.4 Å². The van der Waals surface area contributed by atoms with Crippen LogP contribution < -0.4 is 0 Å². The molecule has 0 saturated heterocycles. The Hall–Kier alpha value is 1.45. The van der Waals surface area contributed by atoms with E-state index < -0.39 is 5.20 Å². The summed E-state index contributed by atoms with van der Waals surface area (Å²) in [6.07, 6.45) is 0. The summed E-state index contributed by atoms with van der Waals surface area (Å²) in [5, 5.41) is 13.6. The minimum absolute atomic E-state index is 0. The van der Waals surface area contributed by atoms with Crippen molar-refractivity contribution in [2.24, 2.45) is 5.41 Å². The second kappa shape index (κ2) is 8.73. The molecule has 0 heterocycles. The molecule has 0 aromatic carbocycles. The molecule has 0 radical (unpaired) electrons. The van der Waals surface area contributed by atoms with Crippen LogP contribution in [0.25, 0.3) is 0 Å². The Bertz CT molecular complexity index is 145. The van der Waals surface area contributed by atoms with Gasteiger partial charge in [-0.15, -0.1) is 0 Å². The molecule has 3 nitrogen and oxygen atoms in total. The molecule has 0 fully saturated rings. The topological polar surface area (TPSA) is 57.5 Å². The molecule has 0 amide bonds. The molecule has 0 rings (SSSR count). The molecule has 13 heavy (non-hydrogen) atoms. The van der Waals surface area contributed by atoms with Gasteiger partial charge in [-0.05, 0) is 33.7 Å². The first-order valence-electron chi connectivity index (χ1n) is 3.03. The van der Waals surface area contributed by atoms with Gasteiger partial charge in [0.15, 0.2) is 0 Å². The summed E-state index contributed by atoms with van der Waals surface area (Å²) in [6.45, 7) is 3.69. The van der Waals surface area contributed by atoms with Crippen molar-refractivity contribution >= 4 is 48.8 Å². The zero-order valence-corrected chi connectivity index (χ0v) is 12.1.